The number of ether oxygens (including phenoxy) is 1. The molecule has 0 unspecified atom stereocenters. The zero-order valence-electron chi connectivity index (χ0n) is 17.8. The zero-order chi connectivity index (χ0) is 24.4. The number of benzene rings is 3. The third-order valence-corrected chi connectivity index (χ3v) is 6.61. The Hall–Kier alpha value is -2.80. The third kappa shape index (κ3) is 5.30. The molecule has 4 rings (SSSR count). The molecule has 1 aliphatic rings. The van der Waals surface area contributed by atoms with Crippen molar-refractivity contribution in [2.45, 2.75) is 13.5 Å². The molecule has 1 aliphatic heterocycles. The van der Waals surface area contributed by atoms with E-state index >= 15 is 0 Å². The highest BCUT2D eigenvalue weighted by Crippen LogP contribution is 2.31. The molecule has 34 heavy (non-hydrogen) atoms. The van der Waals surface area contributed by atoms with Crippen LogP contribution in [0.1, 0.15) is 16.7 Å². The molecule has 3 aromatic carbocycles. The molecule has 6 nitrogen and oxygen atoms in total. The lowest BCUT2D eigenvalue weighted by Crippen LogP contribution is -2.54. The van der Waals surface area contributed by atoms with Crippen molar-refractivity contribution in [2.75, 3.05) is 4.90 Å². The van der Waals surface area contributed by atoms with E-state index in [1.165, 1.54) is 29.8 Å². The van der Waals surface area contributed by atoms with Crippen LogP contribution in [0.3, 0.4) is 0 Å². The Morgan fingerprint density at radius 1 is 1.00 bits per heavy atom. The highest BCUT2D eigenvalue weighted by atomic mass is 127. The van der Waals surface area contributed by atoms with Crippen molar-refractivity contribution >= 4 is 74.8 Å². The fraction of sp³-hybridized carbons (Fsp3) is 0.0800. The number of amides is 4. The number of anilines is 1. The van der Waals surface area contributed by atoms with Crippen LogP contribution in [0.2, 0.25) is 0 Å². The number of barbiturate groups is 1. The second-order valence-electron chi connectivity index (χ2n) is 7.53. The lowest BCUT2D eigenvalue weighted by Gasteiger charge is -2.26. The highest BCUT2D eigenvalue weighted by molar-refractivity contribution is 14.1. The van der Waals surface area contributed by atoms with Crippen LogP contribution in [0, 0.1) is 19.9 Å². The number of nitrogens with zero attached hydrogens (tertiary/aromatic N) is 1. The summed E-state index contributed by atoms with van der Waals surface area (Å²) in [5.41, 5.74) is 2.59. The molecule has 3 aromatic rings. The summed E-state index contributed by atoms with van der Waals surface area (Å²) in [6.45, 7) is 2.42. The van der Waals surface area contributed by atoms with Gasteiger partial charge in [-0.25, -0.2) is 14.1 Å². The molecule has 0 spiro atoms. The van der Waals surface area contributed by atoms with Crippen LogP contribution in [0.4, 0.5) is 14.9 Å². The monoisotopic (exact) mass is 682 g/mol. The van der Waals surface area contributed by atoms with Gasteiger partial charge in [0.05, 0.1) is 12.8 Å². The predicted octanol–water partition coefficient (Wildman–Crippen LogP) is 5.59. The van der Waals surface area contributed by atoms with Crippen molar-refractivity contribution in [2.24, 2.45) is 0 Å². The first-order chi connectivity index (χ1) is 16.2. The molecule has 1 fully saturated rings. The smallest absolute Gasteiger partial charge is 0.335 e. The molecule has 1 saturated heterocycles. The lowest BCUT2D eigenvalue weighted by atomic mass is 10.1. The summed E-state index contributed by atoms with van der Waals surface area (Å²) in [5, 5.41) is 2.14. The third-order valence-electron chi connectivity index (χ3n) is 5.00. The number of hydrogen-bond donors (Lipinski definition) is 1. The number of hydrogen-bond acceptors (Lipinski definition) is 4. The van der Waals surface area contributed by atoms with Gasteiger partial charge in [0, 0.05) is 0 Å². The average Bonchev–Trinajstić information content (AvgIpc) is 2.77. The highest BCUT2D eigenvalue weighted by Gasteiger charge is 2.37. The van der Waals surface area contributed by atoms with Crippen LogP contribution >= 0.6 is 45.2 Å². The Morgan fingerprint density at radius 2 is 1.68 bits per heavy atom. The maximum absolute atomic E-state index is 13.6. The molecule has 0 radical (unpaired) electrons. The molecule has 172 valence electrons. The summed E-state index contributed by atoms with van der Waals surface area (Å²) >= 11 is 4.27. The minimum absolute atomic E-state index is 0.0323. The molecule has 0 aliphatic carbocycles. The molecular weight excluding hydrogens is 665 g/mol. The largest absolute Gasteiger partial charge is 0.487 e. The van der Waals surface area contributed by atoms with Gasteiger partial charge in [0.2, 0.25) is 0 Å². The molecule has 0 aromatic heterocycles. The molecule has 1 N–H and O–H groups in total. The van der Waals surface area contributed by atoms with Crippen LogP contribution in [0.5, 0.6) is 5.75 Å². The van der Waals surface area contributed by atoms with Crippen LogP contribution < -0.4 is 15.0 Å². The van der Waals surface area contributed by atoms with Crippen molar-refractivity contribution in [1.29, 1.82) is 0 Å². The summed E-state index contributed by atoms with van der Waals surface area (Å²) in [7, 11) is 0. The summed E-state index contributed by atoms with van der Waals surface area (Å²) < 4.78 is 21.3. The molecule has 0 bridgehead atoms. The summed E-state index contributed by atoms with van der Waals surface area (Å²) in [6, 6.07) is 15.7. The predicted molar refractivity (Wildman–Crippen MR) is 143 cm³/mol. The van der Waals surface area contributed by atoms with E-state index < -0.39 is 23.7 Å². The number of urea groups is 1. The van der Waals surface area contributed by atoms with E-state index in [9.17, 15) is 18.8 Å². The van der Waals surface area contributed by atoms with E-state index in [4.69, 9.17) is 4.74 Å². The minimum atomic E-state index is -0.929. The Balaban J connectivity index is 1.60. The van der Waals surface area contributed by atoms with E-state index in [2.05, 4.69) is 50.5 Å². The van der Waals surface area contributed by atoms with E-state index in [1.54, 1.807) is 12.1 Å². The second kappa shape index (κ2) is 10.2. The maximum atomic E-state index is 13.6. The van der Waals surface area contributed by atoms with Crippen molar-refractivity contribution in [3.05, 3.63) is 95.9 Å². The molecular formula is C25H17FI2N2O4. The fourth-order valence-electron chi connectivity index (χ4n) is 3.31. The van der Waals surface area contributed by atoms with E-state index in [-0.39, 0.29) is 11.3 Å². The van der Waals surface area contributed by atoms with Crippen LogP contribution in [-0.2, 0) is 16.2 Å². The van der Waals surface area contributed by atoms with Gasteiger partial charge >= 0.3 is 6.03 Å². The first kappa shape index (κ1) is 24.3. The summed E-state index contributed by atoms with van der Waals surface area (Å²) in [6.07, 6.45) is 1.41. The van der Waals surface area contributed by atoms with E-state index in [1.807, 2.05) is 31.2 Å². The van der Waals surface area contributed by atoms with E-state index in [0.29, 0.717) is 17.9 Å². The standard InChI is InChI=1S/C25H17FI2N2O4/c1-14-5-7-15(8-6-14)13-34-22-20(27)10-16(11-21(22)28)9-19-23(31)29-25(33)30(24(19)32)18-4-2-3-17(26)12-18/h2-12H,13H2,1H3,(H,29,31,33)/b19-9+. The topological polar surface area (TPSA) is 75.7 Å². The maximum Gasteiger partial charge on any atom is 0.335 e. The molecule has 0 atom stereocenters. The van der Waals surface area contributed by atoms with Gasteiger partial charge in [-0.05, 0) is 99.6 Å². The summed E-state index contributed by atoms with van der Waals surface area (Å²) in [5.74, 6) is -1.55. The molecule has 4 amide bonds. The number of carbonyl (C=O) groups excluding carboxylic acids is 3. The lowest BCUT2D eigenvalue weighted by molar-refractivity contribution is -0.122. The second-order valence-corrected chi connectivity index (χ2v) is 9.85. The van der Waals surface area contributed by atoms with Crippen molar-refractivity contribution in [3.63, 3.8) is 0 Å². The van der Waals surface area contributed by atoms with Gasteiger partial charge < -0.3 is 4.74 Å². The van der Waals surface area contributed by atoms with Crippen molar-refractivity contribution in [1.82, 2.24) is 5.32 Å². The number of aryl methyl sites for hydroxylation is 1. The zero-order valence-corrected chi connectivity index (χ0v) is 22.1. The minimum Gasteiger partial charge on any atom is -0.487 e. The number of imide groups is 2. The van der Waals surface area contributed by atoms with Gasteiger partial charge in [-0.3, -0.25) is 14.9 Å². The van der Waals surface area contributed by atoms with Gasteiger partial charge in [-0.1, -0.05) is 35.9 Å². The Labute approximate surface area is 222 Å². The van der Waals surface area contributed by atoms with Gasteiger partial charge in [0.1, 0.15) is 23.7 Å². The van der Waals surface area contributed by atoms with Crippen LogP contribution in [-0.4, -0.2) is 17.8 Å². The van der Waals surface area contributed by atoms with Gasteiger partial charge in [0.15, 0.2) is 0 Å². The molecule has 1 heterocycles. The van der Waals surface area contributed by atoms with Gasteiger partial charge in [-0.2, -0.15) is 0 Å². The SMILES string of the molecule is Cc1ccc(COc2c(I)cc(/C=C3\C(=O)NC(=O)N(c4cccc(F)c4)C3=O)cc2I)cc1. The van der Waals surface area contributed by atoms with Crippen LogP contribution in [0.25, 0.3) is 6.08 Å². The van der Waals surface area contributed by atoms with Gasteiger partial charge in [-0.15, -0.1) is 0 Å². The van der Waals surface area contributed by atoms with Crippen LogP contribution in [0.15, 0.2) is 66.2 Å². The first-order valence-electron chi connectivity index (χ1n) is 10.1. The quantitative estimate of drug-likeness (QED) is 0.217. The molecule has 9 heteroatoms. The van der Waals surface area contributed by atoms with Crippen molar-refractivity contribution in [3.8, 4) is 5.75 Å². The number of rotatable bonds is 5. The fourth-order valence-corrected chi connectivity index (χ4v) is 5.44. The summed E-state index contributed by atoms with van der Waals surface area (Å²) in [4.78, 5) is 38.5. The van der Waals surface area contributed by atoms with Crippen molar-refractivity contribution < 1.29 is 23.5 Å². The van der Waals surface area contributed by atoms with E-state index in [0.717, 1.165) is 23.7 Å². The first-order valence-corrected chi connectivity index (χ1v) is 12.2. The van der Waals surface area contributed by atoms with Gasteiger partial charge in [0.25, 0.3) is 11.8 Å². The normalized spacial score (nSPS) is 15.0. The molecule has 0 saturated carbocycles. The average molecular weight is 682 g/mol. The number of carbonyl (C=O) groups is 3. The Bertz CT molecular complexity index is 1320. The number of nitrogens with one attached hydrogen (secondary N) is 1. The Kier molecular flexibility index (Phi) is 7.31. The Morgan fingerprint density at radius 3 is 2.32 bits per heavy atom. The number of halogens is 3.